The van der Waals surface area contributed by atoms with Gasteiger partial charge < -0.3 is 14.8 Å². The monoisotopic (exact) mass is 519 g/mol. The molecule has 1 atom stereocenters. The van der Waals surface area contributed by atoms with Gasteiger partial charge in [0.2, 0.25) is 0 Å². The molecule has 1 aliphatic rings. The Morgan fingerprint density at radius 3 is 2.37 bits per heavy atom. The Hall–Kier alpha value is -4.23. The Labute approximate surface area is 226 Å². The fourth-order valence-corrected chi connectivity index (χ4v) is 5.53. The van der Waals surface area contributed by atoms with Gasteiger partial charge in [0, 0.05) is 22.3 Å². The highest BCUT2D eigenvalue weighted by Crippen LogP contribution is 2.39. The lowest BCUT2D eigenvalue weighted by atomic mass is 10.0. The summed E-state index contributed by atoms with van der Waals surface area (Å²) in [6.45, 7) is 4.48. The average molecular weight is 520 g/mol. The molecule has 2 amide bonds. The zero-order valence-electron chi connectivity index (χ0n) is 21.6. The Balaban J connectivity index is 1.52. The molecular formula is C31H29N5OS. The van der Waals surface area contributed by atoms with Crippen LogP contribution in [0.25, 0.3) is 11.5 Å². The first kappa shape index (κ1) is 24.1. The van der Waals surface area contributed by atoms with E-state index in [2.05, 4.69) is 64.8 Å². The van der Waals surface area contributed by atoms with E-state index in [-0.39, 0.29) is 12.1 Å². The smallest absolute Gasteiger partial charge is 0.308 e. The molecule has 7 heteroatoms. The quantitative estimate of drug-likeness (QED) is 0.257. The Morgan fingerprint density at radius 1 is 0.921 bits per heavy atom. The van der Waals surface area contributed by atoms with Crippen molar-refractivity contribution in [2.24, 2.45) is 0 Å². The second-order valence-electron chi connectivity index (χ2n) is 9.54. The van der Waals surface area contributed by atoms with Crippen LogP contribution in [-0.2, 0) is 6.54 Å². The lowest BCUT2D eigenvalue weighted by Crippen LogP contribution is -2.38. The van der Waals surface area contributed by atoms with E-state index in [1.807, 2.05) is 72.0 Å². The van der Waals surface area contributed by atoms with Crippen molar-refractivity contribution in [1.29, 1.82) is 0 Å². The number of aryl methyl sites for hydroxylation is 2. The predicted molar refractivity (Wildman–Crippen MR) is 153 cm³/mol. The summed E-state index contributed by atoms with van der Waals surface area (Å²) in [5.41, 5.74) is 6.89. The number of amides is 2. The van der Waals surface area contributed by atoms with Gasteiger partial charge in [-0.1, -0.05) is 48.0 Å². The average Bonchev–Trinajstić information content (AvgIpc) is 3.51. The summed E-state index contributed by atoms with van der Waals surface area (Å²) in [6.07, 6.45) is 4.14. The molecule has 0 saturated carbocycles. The third-order valence-electron chi connectivity index (χ3n) is 7.08. The molecule has 0 fully saturated rings. The van der Waals surface area contributed by atoms with Crippen molar-refractivity contribution in [2.75, 3.05) is 11.6 Å². The second kappa shape index (κ2) is 9.91. The fraction of sp³-hybridized carbons (Fsp3) is 0.161. The summed E-state index contributed by atoms with van der Waals surface area (Å²) >= 11 is 1.71. The van der Waals surface area contributed by atoms with E-state index in [1.165, 1.54) is 4.90 Å². The minimum Gasteiger partial charge on any atom is -0.308 e. The predicted octanol–water partition coefficient (Wildman–Crippen LogP) is 7.14. The highest BCUT2D eigenvalue weighted by molar-refractivity contribution is 7.98. The van der Waals surface area contributed by atoms with Crippen molar-refractivity contribution in [3.63, 3.8) is 0 Å². The maximum absolute atomic E-state index is 14.0. The third-order valence-corrected chi connectivity index (χ3v) is 7.83. The van der Waals surface area contributed by atoms with Crippen LogP contribution < -0.4 is 5.32 Å². The van der Waals surface area contributed by atoms with Crippen molar-refractivity contribution in [3.8, 4) is 11.5 Å². The minimum absolute atomic E-state index is 0.153. The van der Waals surface area contributed by atoms with Gasteiger partial charge in [0.1, 0.15) is 5.82 Å². The van der Waals surface area contributed by atoms with E-state index >= 15 is 0 Å². The van der Waals surface area contributed by atoms with Gasteiger partial charge in [-0.15, -0.1) is 11.8 Å². The number of para-hydroxylation sites is 1. The van der Waals surface area contributed by atoms with Crippen LogP contribution >= 0.6 is 11.8 Å². The zero-order chi connectivity index (χ0) is 26.2. The van der Waals surface area contributed by atoms with Crippen LogP contribution in [0.5, 0.6) is 0 Å². The molecule has 0 radical (unpaired) electrons. The van der Waals surface area contributed by atoms with Crippen molar-refractivity contribution in [3.05, 3.63) is 125 Å². The zero-order valence-corrected chi connectivity index (χ0v) is 22.4. The summed E-state index contributed by atoms with van der Waals surface area (Å²) in [4.78, 5) is 17.1. The number of rotatable bonds is 4. The van der Waals surface area contributed by atoms with E-state index in [9.17, 15) is 4.79 Å². The molecule has 1 unspecified atom stereocenters. The topological polar surface area (TPSA) is 55.1 Å². The maximum atomic E-state index is 14.0. The molecule has 0 bridgehead atoms. The summed E-state index contributed by atoms with van der Waals surface area (Å²) in [7, 11) is 0. The van der Waals surface area contributed by atoms with Crippen molar-refractivity contribution < 1.29 is 4.79 Å². The molecule has 6 rings (SSSR count). The largest absolute Gasteiger partial charge is 0.322 e. The van der Waals surface area contributed by atoms with E-state index in [0.717, 1.165) is 45.3 Å². The van der Waals surface area contributed by atoms with Gasteiger partial charge in [-0.2, -0.15) is 5.10 Å². The standard InChI is InChI=1S/C31H29N5OS/c1-21-11-15-24(16-12-21)32-31(37)35-20-27-22(2)33-36(25-8-5-4-6-9-25)30(27)34-19-7-10-28(34)29(35)23-13-17-26(38-3)18-14-23/h4-19,29H,20H2,1-3H3,(H,32,37). The maximum Gasteiger partial charge on any atom is 0.322 e. The van der Waals surface area contributed by atoms with Gasteiger partial charge in [-0.05, 0) is 74.2 Å². The summed E-state index contributed by atoms with van der Waals surface area (Å²) in [6, 6.07) is 30.3. The van der Waals surface area contributed by atoms with Gasteiger partial charge in [-0.25, -0.2) is 9.48 Å². The normalized spacial score (nSPS) is 14.5. The summed E-state index contributed by atoms with van der Waals surface area (Å²) < 4.78 is 4.18. The minimum atomic E-state index is -0.289. The first-order valence-corrected chi connectivity index (χ1v) is 13.9. The number of carbonyl (C=O) groups excluding carboxylic acids is 1. The number of hydrogen-bond acceptors (Lipinski definition) is 3. The van der Waals surface area contributed by atoms with Crippen LogP contribution in [0, 0.1) is 13.8 Å². The molecule has 2 aromatic heterocycles. The van der Waals surface area contributed by atoms with Crippen LogP contribution in [-0.4, -0.2) is 31.5 Å². The molecule has 38 heavy (non-hydrogen) atoms. The lowest BCUT2D eigenvalue weighted by Gasteiger charge is -2.31. The Bertz CT molecular complexity index is 1590. The number of urea groups is 1. The van der Waals surface area contributed by atoms with Crippen molar-refractivity contribution >= 4 is 23.5 Å². The van der Waals surface area contributed by atoms with Gasteiger partial charge in [0.25, 0.3) is 0 Å². The number of nitrogens with zero attached hydrogens (tertiary/aromatic N) is 4. The van der Waals surface area contributed by atoms with Crippen LogP contribution in [0.2, 0.25) is 0 Å². The van der Waals surface area contributed by atoms with Crippen LogP contribution in [0.4, 0.5) is 10.5 Å². The van der Waals surface area contributed by atoms with Crippen LogP contribution in [0.3, 0.4) is 0 Å². The highest BCUT2D eigenvalue weighted by atomic mass is 32.2. The molecule has 0 aliphatic carbocycles. The molecule has 3 heterocycles. The molecule has 5 aromatic rings. The number of benzene rings is 3. The number of fused-ring (bicyclic) bond motifs is 3. The van der Waals surface area contributed by atoms with Crippen LogP contribution in [0.1, 0.15) is 34.1 Å². The lowest BCUT2D eigenvalue weighted by molar-refractivity contribution is 0.194. The molecule has 190 valence electrons. The van der Waals surface area contributed by atoms with E-state index < -0.39 is 0 Å². The fourth-order valence-electron chi connectivity index (χ4n) is 5.12. The molecule has 1 aliphatic heterocycles. The molecular weight excluding hydrogens is 490 g/mol. The number of thioether (sulfide) groups is 1. The number of anilines is 1. The van der Waals surface area contributed by atoms with E-state index in [1.54, 1.807) is 11.8 Å². The SMILES string of the molecule is CSc1ccc(C2c3cccn3-c3c(c(C)nn3-c3ccccc3)CN2C(=O)Nc2ccc(C)cc2)cc1. The van der Waals surface area contributed by atoms with Gasteiger partial charge >= 0.3 is 6.03 Å². The van der Waals surface area contributed by atoms with E-state index in [0.29, 0.717) is 6.54 Å². The Morgan fingerprint density at radius 2 is 1.66 bits per heavy atom. The number of nitrogens with one attached hydrogen (secondary N) is 1. The second-order valence-corrected chi connectivity index (χ2v) is 10.4. The number of hydrogen-bond donors (Lipinski definition) is 1. The summed E-state index contributed by atoms with van der Waals surface area (Å²) in [5.74, 6) is 0.963. The van der Waals surface area contributed by atoms with Gasteiger partial charge in [0.15, 0.2) is 0 Å². The number of carbonyl (C=O) groups is 1. The molecule has 0 saturated heterocycles. The van der Waals surface area contributed by atoms with Gasteiger partial charge in [0.05, 0.1) is 29.7 Å². The van der Waals surface area contributed by atoms with E-state index in [4.69, 9.17) is 5.10 Å². The van der Waals surface area contributed by atoms with Crippen molar-refractivity contribution in [2.45, 2.75) is 31.3 Å². The molecule has 0 spiro atoms. The first-order chi connectivity index (χ1) is 18.5. The van der Waals surface area contributed by atoms with Crippen molar-refractivity contribution in [1.82, 2.24) is 19.2 Å². The Kier molecular flexibility index (Phi) is 6.29. The first-order valence-electron chi connectivity index (χ1n) is 12.6. The summed E-state index contributed by atoms with van der Waals surface area (Å²) in [5, 5.41) is 8.07. The highest BCUT2D eigenvalue weighted by Gasteiger charge is 2.36. The third kappa shape index (κ3) is 4.29. The van der Waals surface area contributed by atoms with Crippen LogP contribution in [0.15, 0.2) is 102 Å². The number of aromatic nitrogens is 3. The molecule has 6 nitrogen and oxygen atoms in total. The molecule has 3 aromatic carbocycles. The van der Waals surface area contributed by atoms with Gasteiger partial charge in [-0.3, -0.25) is 0 Å². The molecule has 1 N–H and O–H groups in total.